The molecule has 0 atom stereocenters. The first kappa shape index (κ1) is 19.6. The molecule has 0 N–H and O–H groups in total. The van der Waals surface area contributed by atoms with Crippen LogP contribution in [0.25, 0.3) is 21.7 Å². The quantitative estimate of drug-likeness (QED) is 0.195. The number of hydrogen-bond donors (Lipinski definition) is 0. The summed E-state index contributed by atoms with van der Waals surface area (Å²) in [4.78, 5) is 24.8. The molecule has 0 unspecified atom stereocenters. The Labute approximate surface area is 183 Å². The highest BCUT2D eigenvalue weighted by Crippen LogP contribution is 2.28. The molecule has 1 aromatic heterocycles. The van der Waals surface area contributed by atoms with Gasteiger partial charge in [0, 0.05) is 17.0 Å². The molecule has 5 heteroatoms. The van der Waals surface area contributed by atoms with E-state index in [9.17, 15) is 9.59 Å². The summed E-state index contributed by atoms with van der Waals surface area (Å²) in [7, 11) is 0. The summed E-state index contributed by atoms with van der Waals surface area (Å²) in [6, 6.07) is 28.9. The van der Waals surface area contributed by atoms with Gasteiger partial charge in [-0.2, -0.15) is 0 Å². The lowest BCUT2D eigenvalue weighted by atomic mass is 10.0. The van der Waals surface area contributed by atoms with Crippen LogP contribution in [0.5, 0.6) is 11.5 Å². The van der Waals surface area contributed by atoms with Crippen LogP contribution < -0.4 is 10.4 Å². The van der Waals surface area contributed by atoms with E-state index in [4.69, 9.17) is 13.9 Å². The van der Waals surface area contributed by atoms with Crippen LogP contribution in [0.1, 0.15) is 15.9 Å². The number of para-hydroxylation sites is 1. The fraction of sp³-hybridized carbons (Fsp3) is 0.0370. The predicted octanol–water partition coefficient (Wildman–Crippen LogP) is 6.10. The molecule has 0 spiro atoms. The molecule has 5 rings (SSSR count). The number of carbonyl (C=O) groups is 1. The molecule has 1 heterocycles. The first-order valence-electron chi connectivity index (χ1n) is 10.1. The molecule has 0 saturated carbocycles. The van der Waals surface area contributed by atoms with Gasteiger partial charge in [-0.3, -0.25) is 0 Å². The minimum absolute atomic E-state index is 0.0568. The summed E-state index contributed by atoms with van der Waals surface area (Å²) in [5.41, 5.74) is 0.922. The predicted molar refractivity (Wildman–Crippen MR) is 122 cm³/mol. The highest BCUT2D eigenvalue weighted by molar-refractivity contribution is 6.07. The van der Waals surface area contributed by atoms with E-state index in [0.29, 0.717) is 28.2 Å². The van der Waals surface area contributed by atoms with Crippen LogP contribution in [0, 0.1) is 0 Å². The maximum absolute atomic E-state index is 12.7. The summed E-state index contributed by atoms with van der Waals surface area (Å²) in [5.74, 6) is 0.694. The summed E-state index contributed by atoms with van der Waals surface area (Å²) >= 11 is 0. The Morgan fingerprint density at radius 3 is 2.44 bits per heavy atom. The third-order valence-electron chi connectivity index (χ3n) is 5.12. The minimum atomic E-state index is -0.509. The third-order valence-corrected chi connectivity index (χ3v) is 5.12. The largest absolute Gasteiger partial charge is 0.457 e. The monoisotopic (exact) mass is 422 g/mol. The van der Waals surface area contributed by atoms with Crippen LogP contribution in [0.15, 0.2) is 106 Å². The lowest BCUT2D eigenvalue weighted by molar-refractivity contribution is 0.0473. The lowest BCUT2D eigenvalue weighted by Crippen LogP contribution is -2.08. The third kappa shape index (κ3) is 3.96. The van der Waals surface area contributed by atoms with Crippen molar-refractivity contribution in [1.82, 2.24) is 0 Å². The molecule has 0 aliphatic carbocycles. The standard InChI is InChI=1S/C27H18O5/c28-25-16-20(26-23-12-5-4-7-18(23)13-14-24(26)32-25)17-30-27(29)19-8-6-11-22(15-19)31-21-9-2-1-3-10-21/h1-16H,17H2. The van der Waals surface area contributed by atoms with Crippen LogP contribution in [0.3, 0.4) is 0 Å². The maximum Gasteiger partial charge on any atom is 0.338 e. The van der Waals surface area contributed by atoms with Crippen molar-refractivity contribution >= 4 is 27.7 Å². The Bertz CT molecular complexity index is 1490. The van der Waals surface area contributed by atoms with E-state index in [1.54, 1.807) is 30.3 Å². The van der Waals surface area contributed by atoms with Crippen molar-refractivity contribution < 1.29 is 18.7 Å². The van der Waals surface area contributed by atoms with Crippen LogP contribution in [0.2, 0.25) is 0 Å². The number of carbonyl (C=O) groups excluding carboxylic acids is 1. The van der Waals surface area contributed by atoms with Crippen molar-refractivity contribution in [3.05, 3.63) is 119 Å². The molecular formula is C27H18O5. The summed E-state index contributed by atoms with van der Waals surface area (Å²) in [5, 5.41) is 2.70. The average molecular weight is 422 g/mol. The minimum Gasteiger partial charge on any atom is -0.457 e. The first-order chi connectivity index (χ1) is 15.7. The van der Waals surface area contributed by atoms with E-state index in [0.717, 1.165) is 16.2 Å². The van der Waals surface area contributed by atoms with E-state index in [2.05, 4.69) is 0 Å². The number of hydrogen-bond acceptors (Lipinski definition) is 5. The molecular weight excluding hydrogens is 404 g/mol. The Balaban J connectivity index is 1.41. The van der Waals surface area contributed by atoms with Crippen LogP contribution in [-0.4, -0.2) is 5.97 Å². The fourth-order valence-corrected chi connectivity index (χ4v) is 3.67. The van der Waals surface area contributed by atoms with Gasteiger partial charge in [0.15, 0.2) is 0 Å². The Morgan fingerprint density at radius 1 is 0.781 bits per heavy atom. The summed E-state index contributed by atoms with van der Waals surface area (Å²) in [6.45, 7) is -0.0568. The van der Waals surface area contributed by atoms with Gasteiger partial charge in [-0.25, -0.2) is 9.59 Å². The Morgan fingerprint density at radius 2 is 1.56 bits per heavy atom. The van der Waals surface area contributed by atoms with Crippen LogP contribution in [0.4, 0.5) is 0 Å². The number of ether oxygens (including phenoxy) is 2. The van der Waals surface area contributed by atoms with E-state index in [-0.39, 0.29) is 6.61 Å². The SMILES string of the molecule is O=C(OCc1cc(=O)oc2ccc3ccccc3c12)c1cccc(Oc2ccccc2)c1. The summed E-state index contributed by atoms with van der Waals surface area (Å²) < 4.78 is 16.7. The number of fused-ring (bicyclic) bond motifs is 3. The second kappa shape index (κ2) is 8.40. The van der Waals surface area contributed by atoms with Crippen LogP contribution in [-0.2, 0) is 11.3 Å². The van der Waals surface area contributed by atoms with Gasteiger partial charge in [-0.1, -0.05) is 54.6 Å². The van der Waals surface area contributed by atoms with Crippen molar-refractivity contribution in [1.29, 1.82) is 0 Å². The zero-order valence-electron chi connectivity index (χ0n) is 17.0. The number of benzene rings is 4. The molecule has 5 aromatic rings. The lowest BCUT2D eigenvalue weighted by Gasteiger charge is -2.10. The first-order valence-corrected chi connectivity index (χ1v) is 10.1. The molecule has 0 amide bonds. The van der Waals surface area contributed by atoms with Crippen molar-refractivity contribution in [2.45, 2.75) is 6.61 Å². The fourth-order valence-electron chi connectivity index (χ4n) is 3.67. The molecule has 5 nitrogen and oxygen atoms in total. The molecule has 0 aliphatic heterocycles. The number of rotatable bonds is 5. The van der Waals surface area contributed by atoms with E-state index < -0.39 is 11.6 Å². The molecule has 0 saturated heterocycles. The molecule has 156 valence electrons. The Hall–Kier alpha value is -4.38. The molecule has 0 aliphatic rings. The zero-order chi connectivity index (χ0) is 21.9. The zero-order valence-corrected chi connectivity index (χ0v) is 17.0. The van der Waals surface area contributed by atoms with Gasteiger partial charge in [0.25, 0.3) is 0 Å². The van der Waals surface area contributed by atoms with Crippen molar-refractivity contribution in [3.8, 4) is 11.5 Å². The molecule has 0 radical (unpaired) electrons. The van der Waals surface area contributed by atoms with Gasteiger partial charge in [0.2, 0.25) is 0 Å². The van der Waals surface area contributed by atoms with Crippen LogP contribution >= 0.6 is 0 Å². The molecule has 4 aromatic carbocycles. The van der Waals surface area contributed by atoms with Gasteiger partial charge in [0.1, 0.15) is 23.7 Å². The van der Waals surface area contributed by atoms with E-state index in [1.165, 1.54) is 6.07 Å². The van der Waals surface area contributed by atoms with Gasteiger partial charge >= 0.3 is 11.6 Å². The number of esters is 1. The van der Waals surface area contributed by atoms with Crippen molar-refractivity contribution in [2.24, 2.45) is 0 Å². The van der Waals surface area contributed by atoms with Gasteiger partial charge in [0.05, 0.1) is 5.56 Å². The topological polar surface area (TPSA) is 65.7 Å². The summed E-state index contributed by atoms with van der Waals surface area (Å²) in [6.07, 6.45) is 0. The average Bonchev–Trinajstić information content (AvgIpc) is 2.82. The highest BCUT2D eigenvalue weighted by Gasteiger charge is 2.14. The molecule has 0 fully saturated rings. The second-order valence-corrected chi connectivity index (χ2v) is 7.27. The molecule has 32 heavy (non-hydrogen) atoms. The van der Waals surface area contributed by atoms with Crippen molar-refractivity contribution in [2.75, 3.05) is 0 Å². The molecule has 0 bridgehead atoms. The van der Waals surface area contributed by atoms with E-state index >= 15 is 0 Å². The van der Waals surface area contributed by atoms with E-state index in [1.807, 2.05) is 60.7 Å². The van der Waals surface area contributed by atoms with Gasteiger partial charge < -0.3 is 13.9 Å². The Kier molecular flexibility index (Phi) is 5.14. The second-order valence-electron chi connectivity index (χ2n) is 7.27. The van der Waals surface area contributed by atoms with Gasteiger partial charge in [-0.15, -0.1) is 0 Å². The highest BCUT2D eigenvalue weighted by atomic mass is 16.5. The smallest absolute Gasteiger partial charge is 0.338 e. The van der Waals surface area contributed by atoms with Gasteiger partial charge in [-0.05, 0) is 47.2 Å². The van der Waals surface area contributed by atoms with Crippen molar-refractivity contribution in [3.63, 3.8) is 0 Å². The maximum atomic E-state index is 12.7. The normalized spacial score (nSPS) is 10.9.